The number of aliphatic hydroxyl groups is 2. The lowest BCUT2D eigenvalue weighted by Crippen LogP contribution is -2.44. The molecule has 2 aromatic heterocycles. The molecule has 35 heavy (non-hydrogen) atoms. The number of aliphatic hydroxyl groups excluding tert-OH is 1. The zero-order valence-corrected chi connectivity index (χ0v) is 19.2. The van der Waals surface area contributed by atoms with Crippen LogP contribution in [0.5, 0.6) is 11.5 Å². The summed E-state index contributed by atoms with van der Waals surface area (Å²) in [6.45, 7) is 2.10. The number of rotatable bonds is 3. The highest BCUT2D eigenvalue weighted by molar-refractivity contribution is 5.95. The largest absolute Gasteiger partial charge is 0.458 e. The summed E-state index contributed by atoms with van der Waals surface area (Å²) in [6.07, 6.45) is 2.35. The van der Waals surface area contributed by atoms with Crippen LogP contribution in [0.25, 0.3) is 22.3 Å². The average Bonchev–Trinajstić information content (AvgIpc) is 3.48. The molecule has 7 rings (SSSR count). The summed E-state index contributed by atoms with van der Waals surface area (Å²) in [5, 5.41) is 22.0. The summed E-state index contributed by atoms with van der Waals surface area (Å²) in [6, 6.07) is 3.61. The summed E-state index contributed by atoms with van der Waals surface area (Å²) in [5.74, 6) is 0.798. The van der Waals surface area contributed by atoms with Gasteiger partial charge < -0.3 is 29.0 Å². The standard InChI is InChI=1S/C26H24N2O7/c1-2-26(32)16-7-18-22-14(9-28(18)24(30)15(16)10-33-25(26)31)20-12(5-6-29)3-4-13-21(20)17(27-22)8-19-23(13)35-11-34-19/h7-8,12,29,32H,2-6,9-11H2,1H3/t12?,26-/m0/s1. The minimum atomic E-state index is -1.87. The van der Waals surface area contributed by atoms with Crippen molar-refractivity contribution in [2.75, 3.05) is 13.4 Å². The molecule has 4 aliphatic rings. The monoisotopic (exact) mass is 476 g/mol. The lowest BCUT2D eigenvalue weighted by atomic mass is 9.78. The van der Waals surface area contributed by atoms with E-state index in [1.807, 2.05) is 6.07 Å². The maximum atomic E-state index is 13.6. The predicted octanol–water partition coefficient (Wildman–Crippen LogP) is 2.22. The summed E-state index contributed by atoms with van der Waals surface area (Å²) in [5.41, 5.74) is 3.56. The van der Waals surface area contributed by atoms with Gasteiger partial charge in [0.1, 0.15) is 6.61 Å². The van der Waals surface area contributed by atoms with Gasteiger partial charge in [-0.05, 0) is 43.2 Å². The van der Waals surface area contributed by atoms with Crippen molar-refractivity contribution < 1.29 is 29.2 Å². The number of carbonyl (C=O) groups is 1. The van der Waals surface area contributed by atoms with E-state index in [0.717, 1.165) is 46.2 Å². The molecular weight excluding hydrogens is 452 g/mol. The first kappa shape index (κ1) is 20.9. The van der Waals surface area contributed by atoms with Crippen LogP contribution in [-0.4, -0.2) is 39.1 Å². The highest BCUT2D eigenvalue weighted by Crippen LogP contribution is 2.51. The molecule has 0 radical (unpaired) electrons. The van der Waals surface area contributed by atoms with Gasteiger partial charge in [0.05, 0.1) is 29.0 Å². The molecule has 0 saturated heterocycles. The van der Waals surface area contributed by atoms with E-state index < -0.39 is 11.6 Å². The van der Waals surface area contributed by atoms with Crippen molar-refractivity contribution >= 4 is 16.9 Å². The third-order valence-corrected chi connectivity index (χ3v) is 8.08. The Labute approximate surface area is 199 Å². The Morgan fingerprint density at radius 1 is 1.17 bits per heavy atom. The van der Waals surface area contributed by atoms with Gasteiger partial charge in [-0.15, -0.1) is 0 Å². The van der Waals surface area contributed by atoms with E-state index in [1.54, 1.807) is 17.6 Å². The molecule has 9 nitrogen and oxygen atoms in total. The van der Waals surface area contributed by atoms with E-state index in [-0.39, 0.29) is 37.9 Å². The number of cyclic esters (lactones) is 1. The molecule has 1 aliphatic carbocycles. The predicted molar refractivity (Wildman–Crippen MR) is 123 cm³/mol. The normalized spacial score (nSPS) is 23.2. The minimum Gasteiger partial charge on any atom is -0.458 e. The molecule has 3 aliphatic heterocycles. The number of aryl methyl sites for hydroxylation is 1. The van der Waals surface area contributed by atoms with Crippen LogP contribution in [-0.2, 0) is 34.7 Å². The van der Waals surface area contributed by atoms with E-state index in [0.29, 0.717) is 41.2 Å². The van der Waals surface area contributed by atoms with Crippen molar-refractivity contribution in [3.63, 3.8) is 0 Å². The van der Waals surface area contributed by atoms with Crippen LogP contribution in [0.2, 0.25) is 0 Å². The molecule has 3 aromatic rings. The summed E-state index contributed by atoms with van der Waals surface area (Å²) in [7, 11) is 0. The lowest BCUT2D eigenvalue weighted by molar-refractivity contribution is -0.172. The molecule has 1 aromatic carbocycles. The van der Waals surface area contributed by atoms with Crippen molar-refractivity contribution in [3.05, 3.63) is 50.3 Å². The van der Waals surface area contributed by atoms with Gasteiger partial charge in [-0.3, -0.25) is 4.79 Å². The Kier molecular flexibility index (Phi) is 4.21. The molecule has 9 heteroatoms. The Morgan fingerprint density at radius 3 is 2.83 bits per heavy atom. The van der Waals surface area contributed by atoms with Crippen molar-refractivity contribution in [2.24, 2.45) is 0 Å². The average molecular weight is 476 g/mol. The Morgan fingerprint density at radius 2 is 2.03 bits per heavy atom. The molecule has 0 fully saturated rings. The zero-order chi connectivity index (χ0) is 24.1. The smallest absolute Gasteiger partial charge is 0.343 e. The highest BCUT2D eigenvalue weighted by atomic mass is 16.7. The van der Waals surface area contributed by atoms with Gasteiger partial charge in [0, 0.05) is 34.7 Å². The van der Waals surface area contributed by atoms with Crippen molar-refractivity contribution in [2.45, 2.75) is 57.3 Å². The highest BCUT2D eigenvalue weighted by Gasteiger charge is 2.46. The molecule has 0 saturated carbocycles. The molecule has 180 valence electrons. The Hall–Kier alpha value is -3.43. The molecular formula is C26H24N2O7. The van der Waals surface area contributed by atoms with Crippen LogP contribution in [0.1, 0.15) is 59.9 Å². The minimum absolute atomic E-state index is 0.0628. The van der Waals surface area contributed by atoms with Gasteiger partial charge in [-0.2, -0.15) is 0 Å². The maximum absolute atomic E-state index is 13.6. The summed E-state index contributed by atoms with van der Waals surface area (Å²) < 4.78 is 18.3. The first-order valence-electron chi connectivity index (χ1n) is 12.0. The number of carbonyl (C=O) groups excluding carboxylic acids is 1. The van der Waals surface area contributed by atoms with Crippen LogP contribution < -0.4 is 15.0 Å². The third kappa shape index (κ3) is 2.57. The molecule has 5 heterocycles. The maximum Gasteiger partial charge on any atom is 0.343 e. The molecule has 0 spiro atoms. The summed E-state index contributed by atoms with van der Waals surface area (Å²) >= 11 is 0. The second-order valence-corrected chi connectivity index (χ2v) is 9.69. The number of hydrogen-bond donors (Lipinski definition) is 2. The van der Waals surface area contributed by atoms with Crippen LogP contribution in [0.15, 0.2) is 16.9 Å². The molecule has 1 unspecified atom stereocenters. The fraction of sp³-hybridized carbons (Fsp3) is 0.423. The number of nitrogens with zero attached hydrogens (tertiary/aromatic N) is 2. The number of benzene rings is 1. The molecule has 0 bridgehead atoms. The number of aromatic nitrogens is 2. The number of pyridine rings is 2. The van der Waals surface area contributed by atoms with E-state index in [4.69, 9.17) is 19.2 Å². The molecule has 2 N–H and O–H groups in total. The Bertz CT molecular complexity index is 1530. The van der Waals surface area contributed by atoms with Crippen molar-refractivity contribution in [1.82, 2.24) is 9.55 Å². The van der Waals surface area contributed by atoms with Crippen LogP contribution in [0, 0.1) is 0 Å². The van der Waals surface area contributed by atoms with Gasteiger partial charge in [-0.1, -0.05) is 6.92 Å². The van der Waals surface area contributed by atoms with Crippen LogP contribution in [0.4, 0.5) is 0 Å². The van der Waals surface area contributed by atoms with E-state index in [1.165, 1.54) is 0 Å². The first-order valence-corrected chi connectivity index (χ1v) is 12.0. The fourth-order valence-electron chi connectivity index (χ4n) is 6.33. The quantitative estimate of drug-likeness (QED) is 0.432. The van der Waals surface area contributed by atoms with Gasteiger partial charge in [-0.25, -0.2) is 9.78 Å². The van der Waals surface area contributed by atoms with E-state index in [2.05, 4.69) is 0 Å². The number of fused-ring (bicyclic) bond motifs is 7. The van der Waals surface area contributed by atoms with Gasteiger partial charge >= 0.3 is 5.97 Å². The SMILES string of the molecule is CC[C@@]1(O)C(=O)OCc2c1cc1n(c2=O)Cc2c-1nc1cc3c(c4c1c2C(CCO)CC4)OCO3. The second kappa shape index (κ2) is 7.05. The van der Waals surface area contributed by atoms with Gasteiger partial charge in [0.25, 0.3) is 5.56 Å². The summed E-state index contributed by atoms with van der Waals surface area (Å²) in [4.78, 5) is 31.0. The Balaban J connectivity index is 1.54. The molecule has 2 atom stereocenters. The second-order valence-electron chi connectivity index (χ2n) is 9.69. The molecule has 0 amide bonds. The van der Waals surface area contributed by atoms with Crippen molar-refractivity contribution in [1.29, 1.82) is 0 Å². The van der Waals surface area contributed by atoms with Gasteiger partial charge in [0.2, 0.25) is 6.79 Å². The topological polar surface area (TPSA) is 120 Å². The lowest BCUT2D eigenvalue weighted by Gasteiger charge is -2.31. The van der Waals surface area contributed by atoms with Crippen LogP contribution >= 0.6 is 0 Å². The third-order valence-electron chi connectivity index (χ3n) is 8.08. The zero-order valence-electron chi connectivity index (χ0n) is 19.2. The van der Waals surface area contributed by atoms with Gasteiger partial charge in [0.15, 0.2) is 17.1 Å². The van der Waals surface area contributed by atoms with E-state index >= 15 is 0 Å². The number of esters is 1. The fourth-order valence-corrected chi connectivity index (χ4v) is 6.33. The number of ether oxygens (including phenoxy) is 3. The van der Waals surface area contributed by atoms with Crippen LogP contribution in [0.3, 0.4) is 0 Å². The van der Waals surface area contributed by atoms with Crippen molar-refractivity contribution in [3.8, 4) is 22.9 Å². The van der Waals surface area contributed by atoms with E-state index in [9.17, 15) is 19.8 Å². The first-order chi connectivity index (χ1) is 17.0. The number of hydrogen-bond acceptors (Lipinski definition) is 8.